The van der Waals surface area contributed by atoms with Gasteiger partial charge in [-0.15, -0.1) is 5.10 Å². The van der Waals surface area contributed by atoms with Gasteiger partial charge in [-0.3, -0.25) is 0 Å². The number of hydrogen-bond acceptors (Lipinski definition) is 4. The minimum atomic E-state index is 0.494. The van der Waals surface area contributed by atoms with Crippen molar-refractivity contribution < 1.29 is 0 Å². The summed E-state index contributed by atoms with van der Waals surface area (Å²) in [6.07, 6.45) is 2.20. The smallest absolute Gasteiger partial charge is 0.148 e. The molecule has 1 rings (SSSR count). The Hall–Kier alpha value is -1.19. The second kappa shape index (κ2) is 3.27. The highest BCUT2D eigenvalue weighted by Gasteiger charge is 2.03. The van der Waals surface area contributed by atoms with Crippen LogP contribution in [0.5, 0.6) is 0 Å². The van der Waals surface area contributed by atoms with Crippen LogP contribution in [0, 0.1) is 5.92 Å². The highest BCUT2D eigenvalue weighted by atomic mass is 15.1. The maximum absolute atomic E-state index is 5.56. The molecule has 0 aliphatic carbocycles. The first kappa shape index (κ1) is 7.91. The fourth-order valence-corrected chi connectivity index (χ4v) is 0.841. The maximum Gasteiger partial charge on any atom is 0.148 e. The first-order chi connectivity index (χ1) is 5.20. The second-order valence-corrected chi connectivity index (χ2v) is 2.89. The predicted octanol–water partition coefficient (Wildman–Crippen LogP) is 0.652. The van der Waals surface area contributed by atoms with Crippen molar-refractivity contribution >= 4 is 5.82 Å². The zero-order valence-electron chi connectivity index (χ0n) is 6.78. The first-order valence-corrected chi connectivity index (χ1v) is 3.62. The number of hydrogen-bond donors (Lipinski definition) is 1. The summed E-state index contributed by atoms with van der Waals surface area (Å²) in [6.45, 7) is 4.21. The van der Waals surface area contributed by atoms with E-state index >= 15 is 0 Å². The summed E-state index contributed by atoms with van der Waals surface area (Å²) >= 11 is 0. The molecule has 4 nitrogen and oxygen atoms in total. The monoisotopic (exact) mass is 152 g/mol. The minimum absolute atomic E-state index is 0.494. The molecule has 0 radical (unpaired) electrons. The van der Waals surface area contributed by atoms with Crippen LogP contribution in [0.3, 0.4) is 0 Å². The van der Waals surface area contributed by atoms with Gasteiger partial charge in [0, 0.05) is 0 Å². The topological polar surface area (TPSA) is 64.7 Å². The van der Waals surface area contributed by atoms with E-state index in [2.05, 4.69) is 29.0 Å². The molecule has 4 heteroatoms. The van der Waals surface area contributed by atoms with Crippen LogP contribution in [0.4, 0.5) is 5.82 Å². The van der Waals surface area contributed by atoms with E-state index in [1.54, 1.807) is 0 Å². The molecule has 0 aliphatic rings. The van der Waals surface area contributed by atoms with Crippen molar-refractivity contribution in [1.29, 1.82) is 0 Å². The van der Waals surface area contributed by atoms with Gasteiger partial charge in [0.25, 0.3) is 0 Å². The summed E-state index contributed by atoms with van der Waals surface area (Å²) in [7, 11) is 0. The van der Waals surface area contributed by atoms with Crippen molar-refractivity contribution in [2.24, 2.45) is 5.92 Å². The molecule has 0 aliphatic heterocycles. The third-order valence-corrected chi connectivity index (χ3v) is 1.32. The van der Waals surface area contributed by atoms with Crippen molar-refractivity contribution in [3.8, 4) is 0 Å². The number of aromatic nitrogens is 3. The van der Waals surface area contributed by atoms with Gasteiger partial charge in [0.2, 0.25) is 0 Å². The minimum Gasteiger partial charge on any atom is -0.382 e. The van der Waals surface area contributed by atoms with Gasteiger partial charge in [0.05, 0.1) is 0 Å². The van der Waals surface area contributed by atoms with Gasteiger partial charge >= 0.3 is 0 Å². The SMILES string of the molecule is CC(C)Cc1nncnc1N. The third-order valence-electron chi connectivity index (χ3n) is 1.32. The lowest BCUT2D eigenvalue weighted by molar-refractivity contribution is 0.626. The van der Waals surface area contributed by atoms with E-state index in [0.29, 0.717) is 11.7 Å². The van der Waals surface area contributed by atoms with E-state index in [4.69, 9.17) is 5.73 Å². The van der Waals surface area contributed by atoms with Crippen molar-refractivity contribution in [1.82, 2.24) is 15.2 Å². The summed E-state index contributed by atoms with van der Waals surface area (Å²) in [5.41, 5.74) is 6.35. The number of rotatable bonds is 2. The quantitative estimate of drug-likeness (QED) is 0.675. The van der Waals surface area contributed by atoms with E-state index < -0.39 is 0 Å². The Labute approximate surface area is 65.9 Å². The Morgan fingerprint density at radius 3 is 2.82 bits per heavy atom. The number of anilines is 1. The summed E-state index contributed by atoms with van der Waals surface area (Å²) < 4.78 is 0. The molecule has 0 bridgehead atoms. The van der Waals surface area contributed by atoms with Gasteiger partial charge in [-0.1, -0.05) is 13.8 Å². The molecule has 1 heterocycles. The number of nitrogens with two attached hydrogens (primary N) is 1. The molecule has 0 amide bonds. The summed E-state index contributed by atoms with van der Waals surface area (Å²) in [5.74, 6) is 1.03. The van der Waals surface area contributed by atoms with Crippen LogP contribution in [0.2, 0.25) is 0 Å². The Bertz CT molecular complexity index is 234. The Morgan fingerprint density at radius 1 is 1.55 bits per heavy atom. The molecule has 0 unspecified atom stereocenters. The third kappa shape index (κ3) is 2.14. The van der Waals surface area contributed by atoms with Gasteiger partial charge < -0.3 is 5.73 Å². The zero-order chi connectivity index (χ0) is 8.27. The molecule has 0 aromatic carbocycles. The Balaban J connectivity index is 2.78. The van der Waals surface area contributed by atoms with E-state index in [9.17, 15) is 0 Å². The van der Waals surface area contributed by atoms with Gasteiger partial charge in [-0.2, -0.15) is 5.10 Å². The first-order valence-electron chi connectivity index (χ1n) is 3.62. The van der Waals surface area contributed by atoms with Crippen LogP contribution in [-0.2, 0) is 6.42 Å². The Morgan fingerprint density at radius 2 is 2.27 bits per heavy atom. The van der Waals surface area contributed by atoms with Crippen LogP contribution >= 0.6 is 0 Å². The zero-order valence-corrected chi connectivity index (χ0v) is 6.78. The van der Waals surface area contributed by atoms with Gasteiger partial charge in [-0.05, 0) is 12.3 Å². The normalized spacial score (nSPS) is 10.5. The fourth-order valence-electron chi connectivity index (χ4n) is 0.841. The molecular formula is C7H12N4. The van der Waals surface area contributed by atoms with Crippen molar-refractivity contribution in [2.45, 2.75) is 20.3 Å². The molecular weight excluding hydrogens is 140 g/mol. The molecule has 0 fully saturated rings. The van der Waals surface area contributed by atoms with Crippen LogP contribution in [0.1, 0.15) is 19.5 Å². The molecule has 0 spiro atoms. The van der Waals surface area contributed by atoms with Crippen molar-refractivity contribution in [3.05, 3.63) is 12.0 Å². The lowest BCUT2D eigenvalue weighted by Crippen LogP contribution is -2.05. The van der Waals surface area contributed by atoms with E-state index in [1.807, 2.05) is 0 Å². The average Bonchev–Trinajstić information content (AvgIpc) is 1.93. The lowest BCUT2D eigenvalue weighted by atomic mass is 10.1. The molecule has 1 aromatic heterocycles. The Kier molecular flexibility index (Phi) is 2.36. The summed E-state index contributed by atoms with van der Waals surface area (Å²) in [6, 6.07) is 0. The fraction of sp³-hybridized carbons (Fsp3) is 0.571. The molecule has 1 aromatic rings. The van der Waals surface area contributed by atoms with E-state index in [-0.39, 0.29) is 0 Å². The van der Waals surface area contributed by atoms with E-state index in [1.165, 1.54) is 6.33 Å². The van der Waals surface area contributed by atoms with Crippen molar-refractivity contribution in [2.75, 3.05) is 5.73 Å². The second-order valence-electron chi connectivity index (χ2n) is 2.89. The summed E-state index contributed by atoms with van der Waals surface area (Å²) in [5, 5.41) is 7.54. The maximum atomic E-state index is 5.56. The average molecular weight is 152 g/mol. The predicted molar refractivity (Wildman–Crippen MR) is 42.8 cm³/mol. The summed E-state index contributed by atoms with van der Waals surface area (Å²) in [4.78, 5) is 3.84. The van der Waals surface area contributed by atoms with Crippen LogP contribution in [0.15, 0.2) is 6.33 Å². The number of nitrogens with zero attached hydrogens (tertiary/aromatic N) is 3. The molecule has 0 saturated heterocycles. The standard InChI is InChI=1S/C7H12N4/c1-5(2)3-6-7(8)9-4-10-11-6/h4-5H,3H2,1-2H3,(H2,8,9,10). The van der Waals surface area contributed by atoms with Gasteiger partial charge in [-0.25, -0.2) is 4.98 Å². The van der Waals surface area contributed by atoms with Crippen LogP contribution in [-0.4, -0.2) is 15.2 Å². The molecule has 11 heavy (non-hydrogen) atoms. The number of nitrogen functional groups attached to an aromatic ring is 1. The lowest BCUT2D eigenvalue weighted by Gasteiger charge is -2.03. The molecule has 0 atom stereocenters. The highest BCUT2D eigenvalue weighted by Crippen LogP contribution is 2.08. The van der Waals surface area contributed by atoms with Gasteiger partial charge in [0.1, 0.15) is 17.8 Å². The molecule has 0 saturated carbocycles. The highest BCUT2D eigenvalue weighted by molar-refractivity contribution is 5.31. The van der Waals surface area contributed by atoms with Crippen molar-refractivity contribution in [3.63, 3.8) is 0 Å². The molecule has 60 valence electrons. The largest absolute Gasteiger partial charge is 0.382 e. The molecule has 2 N–H and O–H groups in total. The van der Waals surface area contributed by atoms with E-state index in [0.717, 1.165) is 12.1 Å². The van der Waals surface area contributed by atoms with Gasteiger partial charge in [0.15, 0.2) is 0 Å². The van der Waals surface area contributed by atoms with Crippen LogP contribution in [0.25, 0.3) is 0 Å². The van der Waals surface area contributed by atoms with Crippen LogP contribution < -0.4 is 5.73 Å².